The molecule has 2 unspecified atom stereocenters. The van der Waals surface area contributed by atoms with Crippen molar-refractivity contribution in [1.82, 2.24) is 0 Å². The highest BCUT2D eigenvalue weighted by Gasteiger charge is 2.22. The van der Waals surface area contributed by atoms with E-state index in [1.165, 1.54) is 16.7 Å². The molecule has 0 heteroatoms. The highest BCUT2D eigenvalue weighted by molar-refractivity contribution is 5.39. The molecule has 1 aromatic carbocycles. The van der Waals surface area contributed by atoms with Crippen LogP contribution < -0.4 is 0 Å². The van der Waals surface area contributed by atoms with Gasteiger partial charge in [0.25, 0.3) is 0 Å². The molecule has 0 heterocycles. The van der Waals surface area contributed by atoms with E-state index in [-0.39, 0.29) is 0 Å². The molecule has 0 aliphatic heterocycles. The van der Waals surface area contributed by atoms with E-state index in [0.29, 0.717) is 11.8 Å². The van der Waals surface area contributed by atoms with E-state index in [9.17, 15) is 0 Å². The van der Waals surface area contributed by atoms with Gasteiger partial charge >= 0.3 is 0 Å². The van der Waals surface area contributed by atoms with Crippen LogP contribution in [0.2, 0.25) is 0 Å². The standard InChI is InChI=1S/C21H24.4C2H6/c1-4-11-17(2)16-18(3)21(19-12-7-5-8-13-19)20-14-9-6-10-15-20;4*1-2/h4-14,16,20-21H,3,15H2,1-2H3;4*1-2H3/b11-4-,17-16-;;;;. The summed E-state index contributed by atoms with van der Waals surface area (Å²) in [7, 11) is 0. The summed E-state index contributed by atoms with van der Waals surface area (Å²) in [5, 5.41) is 0. The summed E-state index contributed by atoms with van der Waals surface area (Å²) in [4.78, 5) is 0. The van der Waals surface area contributed by atoms with Crippen molar-refractivity contribution in [2.24, 2.45) is 5.92 Å². The molecule has 0 nitrogen and oxygen atoms in total. The first-order chi connectivity index (χ1) is 14.2. The van der Waals surface area contributed by atoms with Crippen molar-refractivity contribution in [2.45, 2.75) is 81.6 Å². The average Bonchev–Trinajstić information content (AvgIpc) is 2.81. The fourth-order valence-corrected chi connectivity index (χ4v) is 2.94. The molecule has 1 aliphatic carbocycles. The van der Waals surface area contributed by atoms with Gasteiger partial charge in [-0.3, -0.25) is 0 Å². The Morgan fingerprint density at radius 1 is 0.931 bits per heavy atom. The second-order valence-electron chi connectivity index (χ2n) is 5.56. The zero-order valence-corrected chi connectivity index (χ0v) is 21.0. The van der Waals surface area contributed by atoms with Gasteiger partial charge in [-0.15, -0.1) is 0 Å². The van der Waals surface area contributed by atoms with Gasteiger partial charge in [-0.1, -0.05) is 140 Å². The second kappa shape index (κ2) is 24.0. The van der Waals surface area contributed by atoms with Crippen molar-refractivity contribution in [3.05, 3.63) is 96.2 Å². The van der Waals surface area contributed by atoms with Crippen molar-refractivity contribution in [2.75, 3.05) is 0 Å². The van der Waals surface area contributed by atoms with E-state index in [0.717, 1.165) is 6.42 Å². The SMILES string of the molecule is C=C(/C=C(C)\C=C/C)C(c1ccccc1)C1C=CC=CC1.CC.CC.CC.CC. The largest absolute Gasteiger partial charge is 0.0952 e. The van der Waals surface area contributed by atoms with E-state index in [2.05, 4.69) is 86.4 Å². The number of hydrogen-bond acceptors (Lipinski definition) is 0. The normalized spacial score (nSPS) is 15.2. The molecular formula is C29H48. The smallest absolute Gasteiger partial charge is 0.0149 e. The zero-order valence-electron chi connectivity index (χ0n) is 21.0. The third kappa shape index (κ3) is 13.7. The Kier molecular flexibility index (Phi) is 26.1. The molecule has 0 radical (unpaired) electrons. The van der Waals surface area contributed by atoms with Crippen molar-refractivity contribution >= 4 is 0 Å². The van der Waals surface area contributed by atoms with Gasteiger partial charge in [0.2, 0.25) is 0 Å². The van der Waals surface area contributed by atoms with Crippen LogP contribution in [0.5, 0.6) is 0 Å². The molecule has 0 bridgehead atoms. The summed E-state index contributed by atoms with van der Waals surface area (Å²) >= 11 is 0. The summed E-state index contributed by atoms with van der Waals surface area (Å²) in [5.41, 5.74) is 3.78. The Morgan fingerprint density at radius 3 is 1.93 bits per heavy atom. The topological polar surface area (TPSA) is 0 Å². The second-order valence-corrected chi connectivity index (χ2v) is 5.56. The van der Waals surface area contributed by atoms with Crippen molar-refractivity contribution < 1.29 is 0 Å². The van der Waals surface area contributed by atoms with Gasteiger partial charge < -0.3 is 0 Å². The predicted molar refractivity (Wildman–Crippen MR) is 139 cm³/mol. The van der Waals surface area contributed by atoms with Crippen LogP contribution in [-0.4, -0.2) is 0 Å². The summed E-state index contributed by atoms with van der Waals surface area (Å²) in [6.45, 7) is 24.5. The van der Waals surface area contributed by atoms with E-state index in [1.54, 1.807) is 0 Å². The molecule has 1 aliphatic rings. The maximum atomic E-state index is 4.36. The van der Waals surface area contributed by atoms with Crippen molar-refractivity contribution in [3.63, 3.8) is 0 Å². The van der Waals surface area contributed by atoms with Crippen LogP contribution in [-0.2, 0) is 0 Å². The van der Waals surface area contributed by atoms with Crippen LogP contribution in [0.1, 0.15) is 87.1 Å². The van der Waals surface area contributed by atoms with Crippen LogP contribution in [0.4, 0.5) is 0 Å². The van der Waals surface area contributed by atoms with Gasteiger partial charge in [-0.05, 0) is 37.3 Å². The van der Waals surface area contributed by atoms with Gasteiger partial charge in [-0.2, -0.15) is 0 Å². The molecule has 0 N–H and O–H groups in total. The number of rotatable bonds is 5. The number of allylic oxidation sites excluding steroid dienone is 9. The Morgan fingerprint density at radius 2 is 1.48 bits per heavy atom. The van der Waals surface area contributed by atoms with Gasteiger partial charge in [0, 0.05) is 5.92 Å². The number of hydrogen-bond donors (Lipinski definition) is 0. The monoisotopic (exact) mass is 396 g/mol. The maximum Gasteiger partial charge on any atom is 0.0149 e. The Hall–Kier alpha value is -2.08. The lowest BCUT2D eigenvalue weighted by Gasteiger charge is -2.26. The molecule has 0 amide bonds. The fraction of sp³-hybridized carbons (Fsp3) is 0.448. The first-order valence-corrected chi connectivity index (χ1v) is 11.6. The van der Waals surface area contributed by atoms with Crippen molar-refractivity contribution in [1.29, 1.82) is 0 Å². The molecule has 2 atom stereocenters. The van der Waals surface area contributed by atoms with E-state index >= 15 is 0 Å². The van der Waals surface area contributed by atoms with Crippen LogP contribution in [0, 0.1) is 5.92 Å². The molecule has 0 saturated heterocycles. The summed E-state index contributed by atoms with van der Waals surface area (Å²) in [6.07, 6.45) is 16.3. The lowest BCUT2D eigenvalue weighted by molar-refractivity contribution is 0.572. The summed E-state index contributed by atoms with van der Waals surface area (Å²) in [5.74, 6) is 0.826. The fourth-order valence-electron chi connectivity index (χ4n) is 2.94. The zero-order chi connectivity index (χ0) is 23.1. The third-order valence-corrected chi connectivity index (χ3v) is 3.84. The first-order valence-electron chi connectivity index (χ1n) is 11.6. The lowest BCUT2D eigenvalue weighted by atomic mass is 9.77. The first kappa shape index (κ1) is 31.6. The van der Waals surface area contributed by atoms with Gasteiger partial charge in [0.15, 0.2) is 0 Å². The van der Waals surface area contributed by atoms with Crippen LogP contribution in [0.3, 0.4) is 0 Å². The Labute approximate surface area is 183 Å². The van der Waals surface area contributed by atoms with Gasteiger partial charge in [0.05, 0.1) is 0 Å². The molecule has 2 rings (SSSR count). The van der Waals surface area contributed by atoms with Crippen molar-refractivity contribution in [3.8, 4) is 0 Å². The lowest BCUT2D eigenvalue weighted by Crippen LogP contribution is -2.13. The molecule has 164 valence electrons. The minimum absolute atomic E-state index is 0.340. The minimum Gasteiger partial charge on any atom is -0.0952 e. The Bertz CT molecular complexity index is 582. The van der Waals surface area contributed by atoms with Crippen LogP contribution in [0.25, 0.3) is 0 Å². The Balaban J connectivity index is -0.000000754. The molecule has 0 aromatic heterocycles. The highest BCUT2D eigenvalue weighted by Crippen LogP contribution is 2.36. The number of benzene rings is 1. The predicted octanol–water partition coefficient (Wildman–Crippen LogP) is 10.1. The van der Waals surface area contributed by atoms with Crippen LogP contribution in [0.15, 0.2) is 90.6 Å². The van der Waals surface area contributed by atoms with E-state index < -0.39 is 0 Å². The molecule has 0 spiro atoms. The summed E-state index contributed by atoms with van der Waals surface area (Å²) < 4.78 is 0. The molecule has 29 heavy (non-hydrogen) atoms. The molecule has 0 saturated carbocycles. The average molecular weight is 397 g/mol. The molecule has 0 fully saturated rings. The van der Waals surface area contributed by atoms with Gasteiger partial charge in [0.1, 0.15) is 0 Å². The quantitative estimate of drug-likeness (QED) is 0.434. The third-order valence-electron chi connectivity index (χ3n) is 3.84. The van der Waals surface area contributed by atoms with E-state index in [4.69, 9.17) is 0 Å². The molecule has 1 aromatic rings. The van der Waals surface area contributed by atoms with Crippen LogP contribution >= 0.6 is 0 Å². The maximum absolute atomic E-state index is 4.36. The highest BCUT2D eigenvalue weighted by atomic mass is 14.3. The molecular weight excluding hydrogens is 348 g/mol. The minimum atomic E-state index is 0.340. The summed E-state index contributed by atoms with van der Waals surface area (Å²) in [6, 6.07) is 10.7. The van der Waals surface area contributed by atoms with E-state index in [1.807, 2.05) is 62.3 Å². The van der Waals surface area contributed by atoms with Gasteiger partial charge in [-0.25, -0.2) is 0 Å².